The van der Waals surface area contributed by atoms with Crippen LogP contribution in [0.3, 0.4) is 0 Å². The van der Waals surface area contributed by atoms with Gasteiger partial charge in [0.2, 0.25) is 0 Å². The Kier molecular flexibility index (Phi) is 5.05. The number of rotatable bonds is 7. The zero-order chi connectivity index (χ0) is 22.7. The molecule has 0 amide bonds. The number of imidazole rings is 1. The first-order chi connectivity index (χ1) is 16.1. The average Bonchev–Trinajstić information content (AvgIpc) is 3.40. The van der Waals surface area contributed by atoms with Gasteiger partial charge < -0.3 is 10.3 Å². The van der Waals surface area contributed by atoms with Gasteiger partial charge in [0.05, 0.1) is 0 Å². The molecular formula is C26H33N5O2. The summed E-state index contributed by atoms with van der Waals surface area (Å²) in [4.78, 5) is 32.1. The lowest BCUT2D eigenvalue weighted by atomic mass is 9.75. The van der Waals surface area contributed by atoms with Crippen molar-refractivity contribution in [3.05, 3.63) is 62.6 Å². The number of hydrogen-bond acceptors (Lipinski definition) is 4. The van der Waals surface area contributed by atoms with E-state index in [0.29, 0.717) is 55.1 Å². The Balaban J connectivity index is 1.62. The summed E-state index contributed by atoms with van der Waals surface area (Å²) >= 11 is 0. The Morgan fingerprint density at radius 1 is 0.970 bits per heavy atom. The van der Waals surface area contributed by atoms with Crippen LogP contribution in [0.2, 0.25) is 0 Å². The van der Waals surface area contributed by atoms with Gasteiger partial charge in [0.25, 0.3) is 5.56 Å². The molecule has 7 rings (SSSR count). The standard InChI is InChI=1S/C26H33N5O2/c1-2-9-30-25(32)22-24(29(10-8-27)26(30)33)28-23(31(22)15-16-6-4-3-5-7-16)21-19-12-17-11-18(14-19)20(21)13-17/h3-7,17-21H,2,8-15,27H2,1H3. The summed E-state index contributed by atoms with van der Waals surface area (Å²) in [5.41, 5.74) is 7.61. The van der Waals surface area contributed by atoms with E-state index in [-0.39, 0.29) is 11.2 Å². The molecular weight excluding hydrogens is 414 g/mol. The number of aromatic nitrogens is 4. The minimum Gasteiger partial charge on any atom is -0.329 e. The Morgan fingerprint density at radius 3 is 2.48 bits per heavy atom. The molecule has 5 atom stereocenters. The minimum atomic E-state index is -0.287. The number of fused-ring (bicyclic) bond motifs is 1. The third-order valence-corrected chi connectivity index (χ3v) is 8.48. The van der Waals surface area contributed by atoms with Gasteiger partial charge in [-0.2, -0.15) is 0 Å². The van der Waals surface area contributed by atoms with Gasteiger partial charge in [0, 0.05) is 32.1 Å². The zero-order valence-electron chi connectivity index (χ0n) is 19.3. The van der Waals surface area contributed by atoms with Crippen LogP contribution in [0.4, 0.5) is 0 Å². The largest absolute Gasteiger partial charge is 0.332 e. The van der Waals surface area contributed by atoms with E-state index in [2.05, 4.69) is 16.7 Å². The van der Waals surface area contributed by atoms with Gasteiger partial charge in [-0.3, -0.25) is 13.9 Å². The van der Waals surface area contributed by atoms with Gasteiger partial charge in [-0.15, -0.1) is 0 Å². The number of nitrogens with zero attached hydrogens (tertiary/aromatic N) is 4. The van der Waals surface area contributed by atoms with Crippen molar-refractivity contribution in [1.29, 1.82) is 0 Å². The Labute approximate surface area is 193 Å². The van der Waals surface area contributed by atoms with Gasteiger partial charge in [-0.05, 0) is 61.3 Å². The lowest BCUT2D eigenvalue weighted by Crippen LogP contribution is -2.41. The summed E-state index contributed by atoms with van der Waals surface area (Å²) in [5, 5.41) is 0. The molecule has 2 heterocycles. The molecule has 4 aliphatic rings. The maximum atomic E-state index is 13.7. The molecule has 4 saturated carbocycles. The lowest BCUT2D eigenvalue weighted by Gasteiger charge is -2.32. The lowest BCUT2D eigenvalue weighted by molar-refractivity contribution is 0.240. The van der Waals surface area contributed by atoms with Gasteiger partial charge in [0.1, 0.15) is 5.82 Å². The van der Waals surface area contributed by atoms with Crippen LogP contribution in [0, 0.1) is 23.7 Å². The molecule has 7 heteroatoms. The Hall–Kier alpha value is -2.67. The molecule has 4 fully saturated rings. The van der Waals surface area contributed by atoms with E-state index in [1.807, 2.05) is 25.1 Å². The van der Waals surface area contributed by atoms with Crippen LogP contribution in [0.15, 0.2) is 39.9 Å². The van der Waals surface area contributed by atoms with E-state index < -0.39 is 0 Å². The van der Waals surface area contributed by atoms with Crippen LogP contribution >= 0.6 is 0 Å². The second kappa shape index (κ2) is 7.97. The van der Waals surface area contributed by atoms with Gasteiger partial charge in [-0.1, -0.05) is 37.3 Å². The second-order valence-electron chi connectivity index (χ2n) is 10.4. The molecule has 1 aromatic carbocycles. The third kappa shape index (κ3) is 3.15. The van der Waals surface area contributed by atoms with E-state index in [0.717, 1.165) is 29.6 Å². The molecule has 5 unspecified atom stereocenters. The van der Waals surface area contributed by atoms with Crippen molar-refractivity contribution in [3.63, 3.8) is 0 Å². The molecule has 4 aliphatic carbocycles. The molecule has 0 spiro atoms. The van der Waals surface area contributed by atoms with Crippen molar-refractivity contribution < 1.29 is 0 Å². The normalized spacial score (nSPS) is 27.8. The number of nitrogens with two attached hydrogens (primary N) is 1. The topological polar surface area (TPSA) is 87.8 Å². The quantitative estimate of drug-likeness (QED) is 0.603. The number of benzene rings is 1. The highest BCUT2D eigenvalue weighted by Crippen LogP contribution is 2.64. The van der Waals surface area contributed by atoms with E-state index in [4.69, 9.17) is 10.7 Å². The summed E-state index contributed by atoms with van der Waals surface area (Å²) in [7, 11) is 0. The van der Waals surface area contributed by atoms with Crippen molar-refractivity contribution in [2.45, 2.75) is 64.6 Å². The smallest absolute Gasteiger partial charge is 0.329 e. The van der Waals surface area contributed by atoms with E-state index in [1.165, 1.54) is 30.3 Å². The summed E-state index contributed by atoms with van der Waals surface area (Å²) in [5.74, 6) is 4.37. The van der Waals surface area contributed by atoms with Gasteiger partial charge >= 0.3 is 5.69 Å². The zero-order valence-corrected chi connectivity index (χ0v) is 19.3. The van der Waals surface area contributed by atoms with E-state index >= 15 is 0 Å². The Bertz CT molecular complexity index is 1300. The molecule has 2 aromatic heterocycles. The molecule has 0 radical (unpaired) electrons. The van der Waals surface area contributed by atoms with Crippen LogP contribution in [-0.4, -0.2) is 25.2 Å². The van der Waals surface area contributed by atoms with Crippen LogP contribution < -0.4 is 17.0 Å². The highest BCUT2D eigenvalue weighted by molar-refractivity contribution is 5.71. The molecule has 4 bridgehead atoms. The molecule has 7 nitrogen and oxygen atoms in total. The van der Waals surface area contributed by atoms with Crippen LogP contribution in [0.25, 0.3) is 11.2 Å². The van der Waals surface area contributed by atoms with Crippen molar-refractivity contribution >= 4 is 11.2 Å². The highest BCUT2D eigenvalue weighted by atomic mass is 16.2. The molecule has 2 N–H and O–H groups in total. The second-order valence-corrected chi connectivity index (χ2v) is 10.4. The monoisotopic (exact) mass is 447 g/mol. The van der Waals surface area contributed by atoms with Crippen molar-refractivity contribution in [3.8, 4) is 0 Å². The summed E-state index contributed by atoms with van der Waals surface area (Å²) in [6, 6.07) is 10.3. The third-order valence-electron chi connectivity index (χ3n) is 8.48. The van der Waals surface area contributed by atoms with Gasteiger partial charge in [0.15, 0.2) is 11.2 Å². The average molecular weight is 448 g/mol. The first-order valence-corrected chi connectivity index (χ1v) is 12.6. The molecule has 174 valence electrons. The summed E-state index contributed by atoms with van der Waals surface area (Å²) in [6.07, 6.45) is 5.94. The summed E-state index contributed by atoms with van der Waals surface area (Å²) < 4.78 is 5.18. The van der Waals surface area contributed by atoms with E-state index in [9.17, 15) is 9.59 Å². The number of hydrogen-bond donors (Lipinski definition) is 1. The first-order valence-electron chi connectivity index (χ1n) is 12.6. The fourth-order valence-corrected chi connectivity index (χ4v) is 7.38. The molecule has 3 aromatic rings. The predicted molar refractivity (Wildman–Crippen MR) is 128 cm³/mol. The Morgan fingerprint density at radius 2 is 1.76 bits per heavy atom. The van der Waals surface area contributed by atoms with Crippen LogP contribution in [0.5, 0.6) is 0 Å². The fraction of sp³-hybridized carbons (Fsp3) is 0.577. The SMILES string of the molecule is CCCn1c(=O)c2c(nc(C3C4CC5CC(C4)C3C5)n2Cc2ccccc2)n(CCN)c1=O. The van der Waals surface area contributed by atoms with Gasteiger partial charge in [-0.25, -0.2) is 9.78 Å². The van der Waals surface area contributed by atoms with Crippen molar-refractivity contribution in [2.75, 3.05) is 6.54 Å². The maximum absolute atomic E-state index is 13.7. The first kappa shape index (κ1) is 20.9. The molecule has 0 aliphatic heterocycles. The fourth-order valence-electron chi connectivity index (χ4n) is 7.38. The van der Waals surface area contributed by atoms with Crippen LogP contribution in [-0.2, 0) is 19.6 Å². The van der Waals surface area contributed by atoms with Crippen LogP contribution in [0.1, 0.15) is 56.3 Å². The molecule has 0 saturated heterocycles. The van der Waals surface area contributed by atoms with E-state index in [1.54, 1.807) is 4.57 Å². The van der Waals surface area contributed by atoms with Crippen molar-refractivity contribution in [1.82, 2.24) is 18.7 Å². The summed E-state index contributed by atoms with van der Waals surface area (Å²) in [6.45, 7) is 3.69. The molecule has 33 heavy (non-hydrogen) atoms. The highest BCUT2D eigenvalue weighted by Gasteiger charge is 2.55. The van der Waals surface area contributed by atoms with Crippen molar-refractivity contribution in [2.24, 2.45) is 29.4 Å². The predicted octanol–water partition coefficient (Wildman–Crippen LogP) is 2.93. The maximum Gasteiger partial charge on any atom is 0.332 e. The minimum absolute atomic E-state index is 0.216.